The molecule has 2 heterocycles. The lowest BCUT2D eigenvalue weighted by Crippen LogP contribution is -2.30. The van der Waals surface area contributed by atoms with Gasteiger partial charge in [-0.25, -0.2) is 0 Å². The molecule has 8 nitrogen and oxygen atoms in total. The monoisotopic (exact) mass is 367 g/mol. The number of furan rings is 1. The van der Waals surface area contributed by atoms with Crippen LogP contribution in [0.4, 0.5) is 5.69 Å². The van der Waals surface area contributed by atoms with Gasteiger partial charge in [-0.1, -0.05) is 6.07 Å². The van der Waals surface area contributed by atoms with E-state index in [-0.39, 0.29) is 36.0 Å². The molecule has 0 spiro atoms. The molecular formula is C19H17N3O5. The summed E-state index contributed by atoms with van der Waals surface area (Å²) in [6.07, 6.45) is 4.84. The first-order valence-corrected chi connectivity index (χ1v) is 8.11. The van der Waals surface area contributed by atoms with Crippen molar-refractivity contribution in [3.05, 3.63) is 88.1 Å². The third-order valence-electron chi connectivity index (χ3n) is 3.93. The summed E-state index contributed by atoms with van der Waals surface area (Å²) in [5.74, 6) is 0.345. The highest BCUT2D eigenvalue weighted by atomic mass is 16.6. The summed E-state index contributed by atoms with van der Waals surface area (Å²) in [6.45, 7) is 0.508. The van der Waals surface area contributed by atoms with Gasteiger partial charge in [0.1, 0.15) is 5.76 Å². The number of methoxy groups -OCH3 is 1. The Morgan fingerprint density at radius 1 is 1.26 bits per heavy atom. The van der Waals surface area contributed by atoms with Crippen molar-refractivity contribution in [3.63, 3.8) is 0 Å². The highest BCUT2D eigenvalue weighted by Gasteiger charge is 2.23. The van der Waals surface area contributed by atoms with Gasteiger partial charge in [-0.2, -0.15) is 0 Å². The van der Waals surface area contributed by atoms with Crippen LogP contribution in [0.25, 0.3) is 0 Å². The van der Waals surface area contributed by atoms with Crippen LogP contribution in [0.3, 0.4) is 0 Å². The third kappa shape index (κ3) is 4.30. The van der Waals surface area contributed by atoms with Gasteiger partial charge in [-0.05, 0) is 35.9 Å². The first kappa shape index (κ1) is 18.1. The Labute approximate surface area is 155 Å². The number of hydrogen-bond donors (Lipinski definition) is 0. The summed E-state index contributed by atoms with van der Waals surface area (Å²) in [5.41, 5.74) is 0.765. The van der Waals surface area contributed by atoms with Crippen molar-refractivity contribution in [2.24, 2.45) is 0 Å². The van der Waals surface area contributed by atoms with E-state index in [0.29, 0.717) is 5.76 Å². The molecule has 0 bridgehead atoms. The zero-order valence-electron chi connectivity index (χ0n) is 14.6. The molecule has 3 rings (SSSR count). The van der Waals surface area contributed by atoms with Crippen LogP contribution >= 0.6 is 0 Å². The zero-order valence-corrected chi connectivity index (χ0v) is 14.6. The largest absolute Gasteiger partial charge is 0.490 e. The minimum Gasteiger partial charge on any atom is -0.490 e. The van der Waals surface area contributed by atoms with E-state index >= 15 is 0 Å². The number of benzene rings is 1. The van der Waals surface area contributed by atoms with Gasteiger partial charge in [-0.3, -0.25) is 19.9 Å². The average Bonchev–Trinajstić information content (AvgIpc) is 3.20. The second-order valence-corrected chi connectivity index (χ2v) is 5.75. The molecule has 0 unspecified atom stereocenters. The van der Waals surface area contributed by atoms with Crippen LogP contribution in [-0.4, -0.2) is 27.8 Å². The molecule has 0 aliphatic rings. The number of amides is 1. The minimum absolute atomic E-state index is 0.0985. The summed E-state index contributed by atoms with van der Waals surface area (Å²) < 4.78 is 10.3. The molecule has 3 aromatic rings. The van der Waals surface area contributed by atoms with E-state index in [4.69, 9.17) is 9.15 Å². The van der Waals surface area contributed by atoms with Gasteiger partial charge in [-0.15, -0.1) is 0 Å². The van der Waals surface area contributed by atoms with Crippen molar-refractivity contribution in [1.82, 2.24) is 9.88 Å². The lowest BCUT2D eigenvalue weighted by molar-refractivity contribution is -0.385. The Morgan fingerprint density at radius 2 is 2.11 bits per heavy atom. The highest BCUT2D eigenvalue weighted by Crippen LogP contribution is 2.28. The van der Waals surface area contributed by atoms with Gasteiger partial charge in [0.2, 0.25) is 0 Å². The second kappa shape index (κ2) is 8.13. The van der Waals surface area contributed by atoms with E-state index in [1.165, 1.54) is 31.6 Å². The number of nitro benzene ring substituents is 1. The normalized spacial score (nSPS) is 10.4. The predicted molar refractivity (Wildman–Crippen MR) is 96.2 cm³/mol. The van der Waals surface area contributed by atoms with Crippen molar-refractivity contribution in [1.29, 1.82) is 0 Å². The Hall–Kier alpha value is -3.68. The van der Waals surface area contributed by atoms with Gasteiger partial charge in [0, 0.05) is 30.6 Å². The Kier molecular flexibility index (Phi) is 5.46. The van der Waals surface area contributed by atoms with Gasteiger partial charge < -0.3 is 14.1 Å². The lowest BCUT2D eigenvalue weighted by atomic mass is 10.1. The molecule has 0 fully saturated rings. The van der Waals surface area contributed by atoms with Crippen LogP contribution in [0.2, 0.25) is 0 Å². The molecule has 0 saturated heterocycles. The highest BCUT2D eigenvalue weighted by molar-refractivity contribution is 5.95. The van der Waals surface area contributed by atoms with Gasteiger partial charge in [0.25, 0.3) is 5.91 Å². The number of nitro groups is 1. The van der Waals surface area contributed by atoms with Crippen molar-refractivity contribution >= 4 is 11.6 Å². The Balaban J connectivity index is 1.92. The van der Waals surface area contributed by atoms with E-state index in [2.05, 4.69) is 4.98 Å². The van der Waals surface area contributed by atoms with Crippen LogP contribution in [-0.2, 0) is 13.1 Å². The fourth-order valence-corrected chi connectivity index (χ4v) is 2.65. The molecule has 0 radical (unpaired) electrons. The SMILES string of the molecule is COc1ccc(C(=O)N(Cc2cccnc2)Cc2ccco2)cc1[N+](=O)[O-]. The fraction of sp³-hybridized carbons (Fsp3) is 0.158. The Morgan fingerprint density at radius 3 is 2.74 bits per heavy atom. The smallest absolute Gasteiger partial charge is 0.311 e. The second-order valence-electron chi connectivity index (χ2n) is 5.75. The molecule has 0 aliphatic heterocycles. The summed E-state index contributed by atoms with van der Waals surface area (Å²) >= 11 is 0. The van der Waals surface area contributed by atoms with Crippen molar-refractivity contribution < 1.29 is 18.9 Å². The number of nitrogens with zero attached hydrogens (tertiary/aromatic N) is 3. The van der Waals surface area contributed by atoms with Crippen LogP contribution < -0.4 is 4.74 Å². The molecule has 0 saturated carbocycles. The maximum Gasteiger partial charge on any atom is 0.311 e. The van der Waals surface area contributed by atoms with Crippen molar-refractivity contribution in [2.75, 3.05) is 7.11 Å². The molecular weight excluding hydrogens is 350 g/mol. The quantitative estimate of drug-likeness (QED) is 0.469. The average molecular weight is 367 g/mol. The fourth-order valence-electron chi connectivity index (χ4n) is 2.65. The van der Waals surface area contributed by atoms with E-state index < -0.39 is 4.92 Å². The summed E-state index contributed by atoms with van der Waals surface area (Å²) in [5, 5.41) is 11.3. The molecule has 0 N–H and O–H groups in total. The van der Waals surface area contributed by atoms with Gasteiger partial charge >= 0.3 is 5.69 Å². The third-order valence-corrected chi connectivity index (χ3v) is 3.93. The molecule has 8 heteroatoms. The number of aromatic nitrogens is 1. The summed E-state index contributed by atoms with van der Waals surface area (Å²) in [7, 11) is 1.34. The van der Waals surface area contributed by atoms with E-state index in [9.17, 15) is 14.9 Å². The van der Waals surface area contributed by atoms with Crippen LogP contribution in [0.5, 0.6) is 5.75 Å². The first-order chi connectivity index (χ1) is 13.1. The maximum absolute atomic E-state index is 13.1. The molecule has 0 atom stereocenters. The van der Waals surface area contributed by atoms with Crippen LogP contribution in [0, 0.1) is 10.1 Å². The standard InChI is InChI=1S/C19H17N3O5/c1-26-18-7-6-15(10-17(18)22(24)25)19(23)21(13-16-5-3-9-27-16)12-14-4-2-8-20-11-14/h2-11H,12-13H2,1H3. The van der Waals surface area contributed by atoms with Crippen LogP contribution in [0.1, 0.15) is 21.7 Å². The summed E-state index contributed by atoms with van der Waals surface area (Å²) in [6, 6.07) is 11.3. The maximum atomic E-state index is 13.1. The summed E-state index contributed by atoms with van der Waals surface area (Å²) in [4.78, 5) is 29.3. The number of carbonyl (C=O) groups is 1. The molecule has 1 amide bonds. The number of pyridine rings is 1. The van der Waals surface area contributed by atoms with Crippen molar-refractivity contribution in [2.45, 2.75) is 13.1 Å². The Bertz CT molecular complexity index is 926. The zero-order chi connectivity index (χ0) is 19.2. The topological polar surface area (TPSA) is 98.7 Å². The number of carbonyl (C=O) groups excluding carboxylic acids is 1. The molecule has 27 heavy (non-hydrogen) atoms. The van der Waals surface area contributed by atoms with Crippen molar-refractivity contribution in [3.8, 4) is 5.75 Å². The molecule has 138 valence electrons. The number of rotatable bonds is 7. The lowest BCUT2D eigenvalue weighted by Gasteiger charge is -2.22. The number of ether oxygens (including phenoxy) is 1. The van der Waals surface area contributed by atoms with E-state index in [1.807, 2.05) is 6.07 Å². The molecule has 0 aliphatic carbocycles. The molecule has 2 aromatic heterocycles. The minimum atomic E-state index is -0.576. The molecule has 1 aromatic carbocycles. The number of hydrogen-bond acceptors (Lipinski definition) is 6. The van der Waals surface area contributed by atoms with E-state index in [0.717, 1.165) is 5.56 Å². The van der Waals surface area contributed by atoms with Crippen LogP contribution in [0.15, 0.2) is 65.5 Å². The first-order valence-electron chi connectivity index (χ1n) is 8.11. The van der Waals surface area contributed by atoms with Gasteiger partial charge in [0.05, 0.1) is 24.8 Å². The van der Waals surface area contributed by atoms with Gasteiger partial charge in [0.15, 0.2) is 5.75 Å². The van der Waals surface area contributed by atoms with E-state index in [1.54, 1.807) is 35.5 Å². The predicted octanol–water partition coefficient (Wildman–Crippen LogP) is 3.43.